The van der Waals surface area contributed by atoms with Crippen LogP contribution in [0.25, 0.3) is 10.9 Å². The van der Waals surface area contributed by atoms with Crippen molar-refractivity contribution in [2.75, 3.05) is 33.3 Å². The third-order valence-corrected chi connectivity index (χ3v) is 8.80. The van der Waals surface area contributed by atoms with E-state index in [1.165, 1.54) is 86.5 Å². The van der Waals surface area contributed by atoms with Crippen LogP contribution in [-0.2, 0) is 16.0 Å². The van der Waals surface area contributed by atoms with Gasteiger partial charge in [-0.15, -0.1) is 0 Å². The van der Waals surface area contributed by atoms with E-state index in [9.17, 15) is 38.7 Å². The quantitative estimate of drug-likeness (QED) is 0.147. The Balaban J connectivity index is 0.000000254. The van der Waals surface area contributed by atoms with Crippen LogP contribution < -0.4 is 23.8 Å². The normalized spacial score (nSPS) is 11.1. The first-order valence-corrected chi connectivity index (χ1v) is 17.1. The second-order valence-electron chi connectivity index (χ2n) is 12.4. The molecule has 1 aliphatic heterocycles. The molecule has 6 rings (SSSR count). The zero-order valence-corrected chi connectivity index (χ0v) is 32.4. The van der Waals surface area contributed by atoms with Crippen LogP contribution in [0.5, 0.6) is 28.9 Å². The average molecular weight is 797 g/mol. The molecule has 304 valence electrons. The van der Waals surface area contributed by atoms with Gasteiger partial charge >= 0.3 is 5.97 Å². The number of fused-ring (bicyclic) bond motifs is 2. The monoisotopic (exact) mass is 796 g/mol. The molecule has 1 aliphatic rings. The van der Waals surface area contributed by atoms with Crippen molar-refractivity contribution in [1.82, 2.24) is 4.57 Å². The van der Waals surface area contributed by atoms with E-state index in [1.807, 2.05) is 0 Å². The lowest BCUT2D eigenvalue weighted by Crippen LogP contribution is -2.31. The van der Waals surface area contributed by atoms with E-state index in [1.54, 1.807) is 42.5 Å². The highest BCUT2D eigenvalue weighted by atomic mass is 16.5. The van der Waals surface area contributed by atoms with Gasteiger partial charge in [-0.3, -0.25) is 38.2 Å². The van der Waals surface area contributed by atoms with E-state index in [2.05, 4.69) is 0 Å². The van der Waals surface area contributed by atoms with Crippen molar-refractivity contribution >= 4 is 57.6 Å². The number of rotatable bonds is 9. The van der Waals surface area contributed by atoms with Crippen molar-refractivity contribution in [2.24, 2.45) is 0 Å². The molecule has 2 amide bonds. The van der Waals surface area contributed by atoms with Gasteiger partial charge in [0, 0.05) is 35.9 Å². The molecule has 0 radical (unpaired) electrons. The molecule has 0 saturated carbocycles. The number of Topliss-reactive ketones (excluding diaryl/α,β-unsaturated/α-hetero) is 2. The number of aromatic nitrogens is 1. The molecular formula is C43H44N2O13. The van der Waals surface area contributed by atoms with E-state index in [-0.39, 0.29) is 53.9 Å². The fourth-order valence-electron chi connectivity index (χ4n) is 6.02. The lowest BCUT2D eigenvalue weighted by atomic mass is 10.00. The molecule has 0 saturated heterocycles. The highest BCUT2D eigenvalue weighted by molar-refractivity contribution is 6.21. The number of anilines is 1. The first-order chi connectivity index (χ1) is 27.0. The molecule has 4 aromatic carbocycles. The zero-order chi connectivity index (χ0) is 42.3. The highest BCUT2D eigenvalue weighted by Gasteiger charge is 2.30. The summed E-state index contributed by atoms with van der Waals surface area (Å²) in [7, 11) is 5.89. The minimum absolute atomic E-state index is 0. The number of carbonyl (C=O) groups excluding carboxylic acids is 6. The standard InChI is InChI=1S/C21H19NO6.C12H11NO3.C9H10O4.CH4/c1-11(23)13-5-7-16-15(9-13)19(21(26)22(16)12(2)24)20(25)14-6-8-17(27-3)18(10-14)28-4;1-7(14)9-3-4-11-10(5-9)6-12(16)13(11)8(2)15;1-12-7-4-3-6(9(10)11)5-8(7)13-2;/h5-10,26H,1-4H3;3-5H,6H2,1-2H3;3-5H,1-2H3,(H,10,11);1H4. The van der Waals surface area contributed by atoms with E-state index in [0.29, 0.717) is 50.7 Å². The summed E-state index contributed by atoms with van der Waals surface area (Å²) >= 11 is 0. The summed E-state index contributed by atoms with van der Waals surface area (Å²) < 4.78 is 21.3. The van der Waals surface area contributed by atoms with Gasteiger partial charge in [0.25, 0.3) is 0 Å². The Bertz CT molecular complexity index is 2440. The number of nitrogens with zero attached hydrogens (tertiary/aromatic N) is 2. The van der Waals surface area contributed by atoms with Gasteiger partial charge in [-0.25, -0.2) is 4.79 Å². The lowest BCUT2D eigenvalue weighted by Gasteiger charge is -2.12. The van der Waals surface area contributed by atoms with Crippen molar-refractivity contribution in [3.8, 4) is 28.9 Å². The van der Waals surface area contributed by atoms with Crippen LogP contribution in [0.4, 0.5) is 5.69 Å². The minimum Gasteiger partial charge on any atom is -0.494 e. The SMILES string of the molecule is C.CC(=O)c1ccc2c(c1)CC(=O)N2C(C)=O.COc1ccc(C(=O)O)cc1OC.COc1ccc(C(=O)c2c(O)n(C(C)=O)c3ccc(C(C)=O)cc23)cc1OC. The summed E-state index contributed by atoms with van der Waals surface area (Å²) in [5.74, 6) is -1.44. The fourth-order valence-corrected chi connectivity index (χ4v) is 6.02. The van der Waals surface area contributed by atoms with Crippen LogP contribution in [0.15, 0.2) is 72.8 Å². The van der Waals surface area contributed by atoms with Crippen molar-refractivity contribution in [3.63, 3.8) is 0 Å². The van der Waals surface area contributed by atoms with Gasteiger partial charge < -0.3 is 29.2 Å². The Morgan fingerprint density at radius 1 is 0.603 bits per heavy atom. The van der Waals surface area contributed by atoms with Gasteiger partial charge in [0.15, 0.2) is 40.3 Å². The molecule has 0 bridgehead atoms. The molecule has 2 heterocycles. The molecule has 5 aromatic rings. The Kier molecular flexibility index (Phi) is 14.8. The molecule has 15 heteroatoms. The predicted octanol–water partition coefficient (Wildman–Crippen LogP) is 6.82. The van der Waals surface area contributed by atoms with E-state index in [0.717, 1.165) is 15.0 Å². The Morgan fingerprint density at radius 2 is 1.09 bits per heavy atom. The smallest absolute Gasteiger partial charge is 0.335 e. The molecule has 0 unspecified atom stereocenters. The molecule has 0 fully saturated rings. The molecule has 0 aliphatic carbocycles. The number of benzene rings is 4. The maximum atomic E-state index is 13.2. The van der Waals surface area contributed by atoms with Gasteiger partial charge in [-0.05, 0) is 92.2 Å². The van der Waals surface area contributed by atoms with Gasteiger partial charge in [-0.2, -0.15) is 0 Å². The first kappa shape index (κ1) is 45.1. The van der Waals surface area contributed by atoms with Crippen LogP contribution in [0, 0.1) is 0 Å². The second-order valence-corrected chi connectivity index (χ2v) is 12.4. The summed E-state index contributed by atoms with van der Waals surface area (Å²) in [4.78, 5) is 82.8. The number of aromatic hydroxyl groups is 1. The number of ether oxygens (including phenoxy) is 4. The summed E-state index contributed by atoms with van der Waals surface area (Å²) in [5.41, 5.74) is 2.99. The Morgan fingerprint density at radius 3 is 1.57 bits per heavy atom. The van der Waals surface area contributed by atoms with Crippen LogP contribution in [-0.4, -0.2) is 84.3 Å². The fraction of sp³-hybridized carbons (Fsp3) is 0.233. The molecule has 1 aromatic heterocycles. The molecule has 58 heavy (non-hydrogen) atoms. The van der Waals surface area contributed by atoms with Gasteiger partial charge in [0.1, 0.15) is 0 Å². The number of carbonyl (C=O) groups is 7. The van der Waals surface area contributed by atoms with Crippen LogP contribution in [0.2, 0.25) is 0 Å². The third-order valence-electron chi connectivity index (χ3n) is 8.80. The van der Waals surface area contributed by atoms with Crippen LogP contribution >= 0.6 is 0 Å². The van der Waals surface area contributed by atoms with E-state index < -0.39 is 23.5 Å². The van der Waals surface area contributed by atoms with Gasteiger partial charge in [0.05, 0.1) is 57.2 Å². The number of carboxylic acid groups (broad SMARTS) is 1. The molecular weight excluding hydrogens is 752 g/mol. The van der Waals surface area contributed by atoms with E-state index in [4.69, 9.17) is 24.1 Å². The van der Waals surface area contributed by atoms with E-state index >= 15 is 0 Å². The highest BCUT2D eigenvalue weighted by Crippen LogP contribution is 2.36. The van der Waals surface area contributed by atoms with Gasteiger partial charge in [-0.1, -0.05) is 7.43 Å². The number of methoxy groups -OCH3 is 4. The summed E-state index contributed by atoms with van der Waals surface area (Å²) in [6.07, 6.45) is 0.191. The number of aromatic carboxylic acids is 1. The lowest BCUT2D eigenvalue weighted by molar-refractivity contribution is -0.124. The van der Waals surface area contributed by atoms with Crippen LogP contribution in [0.3, 0.4) is 0 Å². The molecule has 15 nitrogen and oxygen atoms in total. The number of ketones is 3. The number of imide groups is 1. The van der Waals surface area contributed by atoms with Gasteiger partial charge in [0.2, 0.25) is 23.6 Å². The Labute approximate surface area is 334 Å². The predicted molar refractivity (Wildman–Crippen MR) is 214 cm³/mol. The number of hydrogen-bond acceptors (Lipinski definition) is 12. The maximum Gasteiger partial charge on any atom is 0.335 e. The third kappa shape index (κ3) is 9.38. The Hall–Kier alpha value is -7.29. The maximum absolute atomic E-state index is 13.2. The molecule has 2 N–H and O–H groups in total. The van der Waals surface area contributed by atoms with Crippen molar-refractivity contribution in [1.29, 1.82) is 0 Å². The van der Waals surface area contributed by atoms with Crippen LogP contribution in [0.1, 0.15) is 92.5 Å². The first-order valence-electron chi connectivity index (χ1n) is 17.1. The number of hydrogen-bond donors (Lipinski definition) is 2. The van der Waals surface area contributed by atoms with Crippen molar-refractivity contribution in [2.45, 2.75) is 41.5 Å². The summed E-state index contributed by atoms with van der Waals surface area (Å²) in [6, 6.07) is 18.6. The number of carboxylic acids is 1. The summed E-state index contributed by atoms with van der Waals surface area (Å²) in [5, 5.41) is 19.6. The largest absolute Gasteiger partial charge is 0.494 e. The minimum atomic E-state index is -0.985. The second kappa shape index (κ2) is 19.0. The number of amides is 2. The average Bonchev–Trinajstić information content (AvgIpc) is 3.68. The zero-order valence-electron chi connectivity index (χ0n) is 32.4. The van der Waals surface area contributed by atoms with Crippen molar-refractivity contribution in [3.05, 3.63) is 106 Å². The topological polar surface area (TPSA) is 205 Å². The van der Waals surface area contributed by atoms with Crippen molar-refractivity contribution < 1.29 is 62.7 Å². The molecule has 0 atom stereocenters. The molecule has 0 spiro atoms. The summed E-state index contributed by atoms with van der Waals surface area (Å²) in [6.45, 7) is 5.51.